The van der Waals surface area contributed by atoms with E-state index in [4.69, 9.17) is 15.2 Å². The zero-order chi connectivity index (χ0) is 12.9. The van der Waals surface area contributed by atoms with Crippen molar-refractivity contribution in [3.63, 3.8) is 0 Å². The van der Waals surface area contributed by atoms with Crippen LogP contribution in [0.2, 0.25) is 0 Å². The molecule has 102 valence electrons. The fourth-order valence-electron chi connectivity index (χ4n) is 2.53. The van der Waals surface area contributed by atoms with Crippen LogP contribution in [0.25, 0.3) is 0 Å². The van der Waals surface area contributed by atoms with Crippen molar-refractivity contribution in [2.24, 2.45) is 17.1 Å². The van der Waals surface area contributed by atoms with Crippen LogP contribution in [-0.4, -0.2) is 32.0 Å². The molecule has 0 bridgehead atoms. The van der Waals surface area contributed by atoms with Crippen molar-refractivity contribution in [2.75, 3.05) is 19.8 Å². The minimum atomic E-state index is 0.204. The summed E-state index contributed by atoms with van der Waals surface area (Å²) in [4.78, 5) is 0. The number of hydrogen-bond donors (Lipinski definition) is 1. The summed E-state index contributed by atoms with van der Waals surface area (Å²) in [6, 6.07) is 0.204. The molecule has 1 rings (SSSR count). The molecule has 1 fully saturated rings. The van der Waals surface area contributed by atoms with Crippen molar-refractivity contribution in [1.29, 1.82) is 0 Å². The summed E-state index contributed by atoms with van der Waals surface area (Å²) in [5.41, 5.74) is 6.50. The summed E-state index contributed by atoms with van der Waals surface area (Å²) >= 11 is 0. The zero-order valence-electron chi connectivity index (χ0n) is 11.9. The number of ether oxygens (including phenoxy) is 2. The largest absolute Gasteiger partial charge is 0.379 e. The Balaban J connectivity index is 2.36. The van der Waals surface area contributed by atoms with Crippen molar-refractivity contribution in [3.8, 4) is 0 Å². The van der Waals surface area contributed by atoms with Crippen LogP contribution >= 0.6 is 0 Å². The predicted molar refractivity (Wildman–Crippen MR) is 71.0 cm³/mol. The molecule has 1 aliphatic carbocycles. The van der Waals surface area contributed by atoms with Crippen molar-refractivity contribution >= 4 is 0 Å². The Kier molecular flexibility index (Phi) is 5.90. The molecule has 0 aliphatic heterocycles. The van der Waals surface area contributed by atoms with Gasteiger partial charge >= 0.3 is 0 Å². The smallest absolute Gasteiger partial charge is 0.0729 e. The lowest BCUT2D eigenvalue weighted by atomic mass is 9.70. The molecule has 3 heteroatoms. The van der Waals surface area contributed by atoms with Crippen LogP contribution in [0, 0.1) is 11.3 Å². The molecule has 3 unspecified atom stereocenters. The van der Waals surface area contributed by atoms with E-state index in [2.05, 4.69) is 20.8 Å². The summed E-state index contributed by atoms with van der Waals surface area (Å²) < 4.78 is 11.2. The van der Waals surface area contributed by atoms with Crippen LogP contribution in [0.3, 0.4) is 0 Å². The Morgan fingerprint density at radius 1 is 1.18 bits per heavy atom. The molecule has 0 aromatic rings. The molecule has 0 aromatic heterocycles. The summed E-state index contributed by atoms with van der Waals surface area (Å²) in [5.74, 6) is 0.722. The van der Waals surface area contributed by atoms with E-state index in [9.17, 15) is 0 Å². The van der Waals surface area contributed by atoms with Crippen LogP contribution < -0.4 is 5.73 Å². The van der Waals surface area contributed by atoms with Gasteiger partial charge in [-0.1, -0.05) is 20.8 Å². The maximum Gasteiger partial charge on any atom is 0.0729 e. The highest BCUT2D eigenvalue weighted by molar-refractivity contribution is 4.88. The molecular weight excluding hydrogens is 214 g/mol. The average molecular weight is 243 g/mol. The first-order chi connectivity index (χ1) is 7.95. The first-order valence-electron chi connectivity index (χ1n) is 6.90. The van der Waals surface area contributed by atoms with E-state index in [1.807, 2.05) is 6.92 Å². The summed E-state index contributed by atoms with van der Waals surface area (Å²) in [7, 11) is 0. The van der Waals surface area contributed by atoms with E-state index >= 15 is 0 Å². The van der Waals surface area contributed by atoms with Crippen molar-refractivity contribution < 1.29 is 9.47 Å². The number of nitrogens with two attached hydrogens (primary N) is 1. The number of hydrogen-bond acceptors (Lipinski definition) is 3. The topological polar surface area (TPSA) is 44.5 Å². The fourth-order valence-corrected chi connectivity index (χ4v) is 2.53. The van der Waals surface area contributed by atoms with E-state index in [1.165, 1.54) is 6.42 Å². The summed E-state index contributed by atoms with van der Waals surface area (Å²) in [5, 5.41) is 0. The van der Waals surface area contributed by atoms with Crippen LogP contribution in [0.5, 0.6) is 0 Å². The second kappa shape index (κ2) is 6.72. The van der Waals surface area contributed by atoms with Gasteiger partial charge in [0.15, 0.2) is 0 Å². The molecule has 0 amide bonds. The van der Waals surface area contributed by atoms with E-state index in [0.717, 1.165) is 25.4 Å². The molecule has 3 nitrogen and oxygen atoms in total. The maximum absolute atomic E-state index is 6.13. The van der Waals surface area contributed by atoms with Crippen molar-refractivity contribution in [1.82, 2.24) is 0 Å². The molecule has 1 aliphatic rings. The highest BCUT2D eigenvalue weighted by atomic mass is 16.5. The van der Waals surface area contributed by atoms with Gasteiger partial charge in [-0.2, -0.15) is 0 Å². The molecule has 1 saturated carbocycles. The first-order valence-corrected chi connectivity index (χ1v) is 6.90. The summed E-state index contributed by atoms with van der Waals surface area (Å²) in [6.45, 7) is 11.0. The van der Waals surface area contributed by atoms with Gasteiger partial charge in [-0.25, -0.2) is 0 Å². The Morgan fingerprint density at radius 2 is 1.88 bits per heavy atom. The predicted octanol–water partition coefficient (Wildman–Crippen LogP) is 2.58. The molecule has 0 aromatic carbocycles. The first kappa shape index (κ1) is 14.9. The van der Waals surface area contributed by atoms with Gasteiger partial charge in [0, 0.05) is 12.6 Å². The zero-order valence-corrected chi connectivity index (χ0v) is 11.9. The van der Waals surface area contributed by atoms with E-state index in [0.29, 0.717) is 18.6 Å². The second-order valence-corrected chi connectivity index (χ2v) is 6.15. The van der Waals surface area contributed by atoms with Crippen molar-refractivity contribution in [2.45, 2.75) is 59.1 Å². The van der Waals surface area contributed by atoms with Crippen LogP contribution in [-0.2, 0) is 9.47 Å². The number of rotatable bonds is 5. The van der Waals surface area contributed by atoms with Gasteiger partial charge in [-0.15, -0.1) is 0 Å². The van der Waals surface area contributed by atoms with Gasteiger partial charge in [0.25, 0.3) is 0 Å². The van der Waals surface area contributed by atoms with Crippen molar-refractivity contribution in [3.05, 3.63) is 0 Å². The van der Waals surface area contributed by atoms with Gasteiger partial charge in [-0.3, -0.25) is 0 Å². The lowest BCUT2D eigenvalue weighted by Crippen LogP contribution is -2.45. The molecule has 17 heavy (non-hydrogen) atoms. The molecular formula is C14H29NO2. The monoisotopic (exact) mass is 243 g/mol. The molecule has 2 N–H and O–H groups in total. The molecule has 3 atom stereocenters. The third-order valence-electron chi connectivity index (χ3n) is 3.83. The third kappa shape index (κ3) is 4.94. The van der Waals surface area contributed by atoms with Crippen LogP contribution in [0.15, 0.2) is 0 Å². The SMILES string of the molecule is CCOCCOC1CC(C(C)(C)C)CCC1N. The fraction of sp³-hybridized carbons (Fsp3) is 1.00. The van der Waals surface area contributed by atoms with Gasteiger partial charge in [-0.05, 0) is 37.5 Å². The van der Waals surface area contributed by atoms with E-state index in [-0.39, 0.29) is 12.1 Å². The van der Waals surface area contributed by atoms with Gasteiger partial charge in [0.2, 0.25) is 0 Å². The second-order valence-electron chi connectivity index (χ2n) is 6.15. The van der Waals surface area contributed by atoms with Gasteiger partial charge < -0.3 is 15.2 Å². The lowest BCUT2D eigenvalue weighted by molar-refractivity contribution is -0.0402. The van der Waals surface area contributed by atoms with E-state index in [1.54, 1.807) is 0 Å². The average Bonchev–Trinajstić information content (AvgIpc) is 2.25. The highest BCUT2D eigenvalue weighted by Gasteiger charge is 2.34. The minimum Gasteiger partial charge on any atom is -0.379 e. The Morgan fingerprint density at radius 3 is 2.47 bits per heavy atom. The normalized spacial score (nSPS) is 30.5. The quantitative estimate of drug-likeness (QED) is 0.755. The summed E-state index contributed by atoms with van der Waals surface area (Å²) in [6.07, 6.45) is 3.63. The Bertz CT molecular complexity index is 213. The van der Waals surface area contributed by atoms with E-state index < -0.39 is 0 Å². The van der Waals surface area contributed by atoms with Gasteiger partial charge in [0.1, 0.15) is 0 Å². The van der Waals surface area contributed by atoms with Crippen LogP contribution in [0.1, 0.15) is 47.0 Å². The maximum atomic E-state index is 6.13. The molecule has 0 saturated heterocycles. The molecule has 0 spiro atoms. The minimum absolute atomic E-state index is 0.204. The lowest BCUT2D eigenvalue weighted by Gasteiger charge is -2.40. The third-order valence-corrected chi connectivity index (χ3v) is 3.83. The molecule has 0 heterocycles. The highest BCUT2D eigenvalue weighted by Crippen LogP contribution is 2.38. The molecule has 0 radical (unpaired) electrons. The van der Waals surface area contributed by atoms with Crippen LogP contribution in [0.4, 0.5) is 0 Å². The standard InChI is InChI=1S/C14H29NO2/c1-5-16-8-9-17-13-10-11(14(2,3)4)6-7-12(13)15/h11-13H,5-10,15H2,1-4H3. The van der Waals surface area contributed by atoms with Gasteiger partial charge in [0.05, 0.1) is 19.3 Å². The Hall–Kier alpha value is -0.120. The Labute approximate surface area is 106 Å².